The van der Waals surface area contributed by atoms with Crippen LogP contribution in [0.5, 0.6) is 0 Å². The number of carbonyl (C=O) groups is 1. The number of nitrogens with one attached hydrogen (secondary N) is 3. The van der Waals surface area contributed by atoms with Gasteiger partial charge in [0.25, 0.3) is 0 Å². The van der Waals surface area contributed by atoms with Gasteiger partial charge in [-0.15, -0.1) is 0 Å². The molecule has 0 unspecified atom stereocenters. The summed E-state index contributed by atoms with van der Waals surface area (Å²) in [5.74, 6) is 0. The number of anilines is 3. The van der Waals surface area contributed by atoms with Crippen molar-refractivity contribution in [3.8, 4) is 0 Å². The topological polar surface area (TPSA) is 95.8 Å². The highest BCUT2D eigenvalue weighted by molar-refractivity contribution is 6.00. The number of benzene rings is 2. The van der Waals surface area contributed by atoms with Gasteiger partial charge in [0.1, 0.15) is 0 Å². The van der Waals surface area contributed by atoms with Crippen LogP contribution < -0.4 is 16.4 Å². The van der Waals surface area contributed by atoms with Gasteiger partial charge in [-0.05, 0) is 42.5 Å². The normalized spacial score (nSPS) is 10.4. The van der Waals surface area contributed by atoms with E-state index >= 15 is 0 Å². The van der Waals surface area contributed by atoms with Crippen LogP contribution in [0.4, 0.5) is 21.9 Å². The minimum Gasteiger partial charge on any atom is -0.399 e. The van der Waals surface area contributed by atoms with Crippen molar-refractivity contribution < 1.29 is 4.79 Å². The molecule has 0 aliphatic heterocycles. The lowest BCUT2D eigenvalue weighted by Crippen LogP contribution is -2.19. The molecule has 0 spiro atoms. The highest BCUT2D eigenvalue weighted by atomic mass is 16.2. The number of H-pyrrole nitrogens is 1. The molecule has 0 saturated heterocycles. The van der Waals surface area contributed by atoms with Crippen molar-refractivity contribution in [3.05, 3.63) is 48.7 Å². The number of rotatable bonds is 2. The van der Waals surface area contributed by atoms with Gasteiger partial charge < -0.3 is 16.4 Å². The van der Waals surface area contributed by atoms with Crippen molar-refractivity contribution in [1.29, 1.82) is 0 Å². The van der Waals surface area contributed by atoms with Crippen LogP contribution in [0.3, 0.4) is 0 Å². The Morgan fingerprint density at radius 3 is 2.55 bits per heavy atom. The Labute approximate surface area is 115 Å². The molecule has 6 nitrogen and oxygen atoms in total. The molecule has 5 N–H and O–H groups in total. The fraction of sp³-hybridized carbons (Fsp3) is 0. The van der Waals surface area contributed by atoms with Crippen LogP contribution in [0.25, 0.3) is 10.9 Å². The molecule has 1 heterocycles. The van der Waals surface area contributed by atoms with Crippen molar-refractivity contribution in [1.82, 2.24) is 10.2 Å². The Morgan fingerprint density at radius 1 is 1.05 bits per heavy atom. The number of urea groups is 1. The van der Waals surface area contributed by atoms with Crippen LogP contribution >= 0.6 is 0 Å². The Balaban J connectivity index is 1.70. The lowest BCUT2D eigenvalue weighted by Gasteiger charge is -2.07. The van der Waals surface area contributed by atoms with Crippen molar-refractivity contribution in [2.75, 3.05) is 16.4 Å². The maximum Gasteiger partial charge on any atom is 0.323 e. The summed E-state index contributed by atoms with van der Waals surface area (Å²) >= 11 is 0. The van der Waals surface area contributed by atoms with E-state index in [4.69, 9.17) is 5.73 Å². The first-order chi connectivity index (χ1) is 9.70. The number of fused-ring (bicyclic) bond motifs is 1. The Bertz CT molecular complexity index is 748. The molecule has 6 heteroatoms. The third-order valence-electron chi connectivity index (χ3n) is 2.87. The highest BCUT2D eigenvalue weighted by Gasteiger charge is 2.04. The second-order valence-corrected chi connectivity index (χ2v) is 4.37. The molecule has 2 amide bonds. The number of carbonyl (C=O) groups excluding carboxylic acids is 1. The van der Waals surface area contributed by atoms with Gasteiger partial charge in [0, 0.05) is 22.4 Å². The molecule has 0 atom stereocenters. The molecule has 0 aliphatic rings. The summed E-state index contributed by atoms with van der Waals surface area (Å²) in [6.45, 7) is 0. The fourth-order valence-electron chi connectivity index (χ4n) is 1.87. The summed E-state index contributed by atoms with van der Waals surface area (Å²) in [6, 6.07) is 12.2. The van der Waals surface area contributed by atoms with E-state index in [1.807, 2.05) is 18.2 Å². The van der Waals surface area contributed by atoms with Crippen LogP contribution in [-0.2, 0) is 0 Å². The van der Waals surface area contributed by atoms with E-state index in [9.17, 15) is 4.79 Å². The number of aromatic amines is 1. The predicted octanol–water partition coefficient (Wildman–Crippen LogP) is 2.79. The highest BCUT2D eigenvalue weighted by Crippen LogP contribution is 2.17. The molecule has 0 aliphatic carbocycles. The van der Waals surface area contributed by atoms with Gasteiger partial charge in [-0.3, -0.25) is 5.10 Å². The van der Waals surface area contributed by atoms with Gasteiger partial charge in [0.05, 0.1) is 11.7 Å². The number of amides is 2. The average Bonchev–Trinajstić information content (AvgIpc) is 2.89. The Hall–Kier alpha value is -3.02. The van der Waals surface area contributed by atoms with Crippen LogP contribution in [0, 0.1) is 0 Å². The second kappa shape index (κ2) is 4.93. The molecule has 0 fully saturated rings. The molecule has 2 aromatic carbocycles. The number of nitrogens with zero attached hydrogens (tertiary/aromatic N) is 1. The molecule has 100 valence electrons. The van der Waals surface area contributed by atoms with Gasteiger partial charge in [-0.2, -0.15) is 5.10 Å². The van der Waals surface area contributed by atoms with Gasteiger partial charge in [-0.25, -0.2) is 4.79 Å². The summed E-state index contributed by atoms with van der Waals surface area (Å²) in [5, 5.41) is 13.3. The third-order valence-corrected chi connectivity index (χ3v) is 2.87. The maximum absolute atomic E-state index is 11.9. The maximum atomic E-state index is 11.9. The first-order valence-corrected chi connectivity index (χ1v) is 6.07. The number of nitrogens with two attached hydrogens (primary N) is 1. The molecule has 3 rings (SSSR count). The van der Waals surface area contributed by atoms with Gasteiger partial charge >= 0.3 is 6.03 Å². The first kappa shape index (κ1) is 12.0. The molecular weight excluding hydrogens is 254 g/mol. The second-order valence-electron chi connectivity index (χ2n) is 4.37. The number of nitrogen functional groups attached to an aromatic ring is 1. The quantitative estimate of drug-likeness (QED) is 0.537. The fourth-order valence-corrected chi connectivity index (χ4v) is 1.87. The van der Waals surface area contributed by atoms with E-state index in [2.05, 4.69) is 20.8 Å². The minimum absolute atomic E-state index is 0.311. The van der Waals surface area contributed by atoms with Gasteiger partial charge in [0.2, 0.25) is 0 Å². The smallest absolute Gasteiger partial charge is 0.323 e. The molecule has 20 heavy (non-hydrogen) atoms. The summed E-state index contributed by atoms with van der Waals surface area (Å²) in [6.07, 6.45) is 1.73. The third kappa shape index (κ3) is 2.54. The number of hydrogen-bond donors (Lipinski definition) is 4. The summed E-state index contributed by atoms with van der Waals surface area (Å²) in [7, 11) is 0. The summed E-state index contributed by atoms with van der Waals surface area (Å²) in [5.41, 5.74) is 8.48. The minimum atomic E-state index is -0.311. The van der Waals surface area contributed by atoms with Crippen LogP contribution in [0.15, 0.2) is 48.7 Å². The van der Waals surface area contributed by atoms with E-state index in [0.717, 1.165) is 10.9 Å². The van der Waals surface area contributed by atoms with Gasteiger partial charge in [0.15, 0.2) is 0 Å². The number of aromatic nitrogens is 2. The standard InChI is InChI=1S/C14H13N5O/c15-10-2-5-11(6-3-10)17-14(20)18-12-4-1-9-8-16-19-13(9)7-12/h1-8H,15H2,(H,16,19)(H2,17,18,20). The van der Waals surface area contributed by atoms with Crippen LogP contribution in [0.1, 0.15) is 0 Å². The van der Waals surface area contributed by atoms with Crippen LogP contribution in [-0.4, -0.2) is 16.2 Å². The molecule has 1 aromatic heterocycles. The van der Waals surface area contributed by atoms with Crippen molar-refractivity contribution in [2.24, 2.45) is 0 Å². The van der Waals surface area contributed by atoms with E-state index in [-0.39, 0.29) is 6.03 Å². The zero-order valence-electron chi connectivity index (χ0n) is 10.6. The SMILES string of the molecule is Nc1ccc(NC(=O)Nc2ccc3cn[nH]c3c2)cc1. The van der Waals surface area contributed by atoms with Crippen molar-refractivity contribution >= 4 is 34.0 Å². The molecule has 0 bridgehead atoms. The van der Waals surface area contributed by atoms with E-state index in [1.54, 1.807) is 30.5 Å². The molecule has 0 radical (unpaired) electrons. The molecule has 0 saturated carbocycles. The zero-order valence-corrected chi connectivity index (χ0v) is 10.6. The first-order valence-electron chi connectivity index (χ1n) is 6.07. The summed E-state index contributed by atoms with van der Waals surface area (Å²) in [4.78, 5) is 11.9. The summed E-state index contributed by atoms with van der Waals surface area (Å²) < 4.78 is 0. The average molecular weight is 267 g/mol. The molecule has 3 aromatic rings. The van der Waals surface area contributed by atoms with Crippen LogP contribution in [0.2, 0.25) is 0 Å². The van der Waals surface area contributed by atoms with E-state index in [1.165, 1.54) is 0 Å². The van der Waals surface area contributed by atoms with Gasteiger partial charge in [-0.1, -0.05) is 0 Å². The molecular formula is C14H13N5O. The largest absolute Gasteiger partial charge is 0.399 e. The predicted molar refractivity (Wildman–Crippen MR) is 79.6 cm³/mol. The Morgan fingerprint density at radius 2 is 1.75 bits per heavy atom. The van der Waals surface area contributed by atoms with Crippen molar-refractivity contribution in [3.63, 3.8) is 0 Å². The van der Waals surface area contributed by atoms with E-state index in [0.29, 0.717) is 17.1 Å². The monoisotopic (exact) mass is 267 g/mol. The Kier molecular flexibility index (Phi) is 2.96. The van der Waals surface area contributed by atoms with E-state index < -0.39 is 0 Å². The lowest BCUT2D eigenvalue weighted by molar-refractivity contribution is 0.262. The van der Waals surface area contributed by atoms with Crippen molar-refractivity contribution in [2.45, 2.75) is 0 Å². The zero-order chi connectivity index (χ0) is 13.9. The number of hydrogen-bond acceptors (Lipinski definition) is 3. The lowest BCUT2D eigenvalue weighted by atomic mass is 10.2.